The smallest absolute Gasteiger partial charge is 0.342 e. The van der Waals surface area contributed by atoms with Crippen molar-refractivity contribution in [1.82, 2.24) is 20.1 Å². The van der Waals surface area contributed by atoms with Crippen molar-refractivity contribution in [2.45, 2.75) is 31.6 Å². The second kappa shape index (κ2) is 5.84. The number of rotatable bonds is 2. The Hall–Kier alpha value is -2.09. The van der Waals surface area contributed by atoms with Gasteiger partial charge in [0.1, 0.15) is 12.2 Å². The Balaban J connectivity index is 1.84. The van der Waals surface area contributed by atoms with Crippen molar-refractivity contribution < 1.29 is 18.0 Å². The monoisotopic (exact) mass is 344 g/mol. The van der Waals surface area contributed by atoms with E-state index in [0.717, 1.165) is 18.6 Å². The quantitative estimate of drug-likeness (QED) is 0.910. The minimum absolute atomic E-state index is 0.138. The van der Waals surface area contributed by atoms with E-state index in [1.165, 1.54) is 12.4 Å². The van der Waals surface area contributed by atoms with Crippen LogP contribution in [-0.2, 0) is 12.7 Å². The van der Waals surface area contributed by atoms with Crippen LogP contribution in [0.3, 0.4) is 0 Å². The summed E-state index contributed by atoms with van der Waals surface area (Å²) in [4.78, 5) is 16.4. The van der Waals surface area contributed by atoms with Gasteiger partial charge in [-0.25, -0.2) is 9.67 Å². The summed E-state index contributed by atoms with van der Waals surface area (Å²) >= 11 is 5.70. The molecule has 1 aromatic carbocycles. The molecule has 1 N–H and O–H groups in total. The molecule has 0 saturated heterocycles. The van der Waals surface area contributed by atoms with Gasteiger partial charge in [0.15, 0.2) is 0 Å². The highest BCUT2D eigenvalue weighted by Crippen LogP contribution is 2.32. The number of halogens is 4. The van der Waals surface area contributed by atoms with Crippen LogP contribution in [0.2, 0.25) is 5.02 Å². The summed E-state index contributed by atoms with van der Waals surface area (Å²) in [7, 11) is 0. The van der Waals surface area contributed by atoms with Gasteiger partial charge in [-0.2, -0.15) is 18.3 Å². The Morgan fingerprint density at radius 1 is 1.35 bits per heavy atom. The SMILES string of the molecule is O=C(N[C@H]1CCCn2ncnc21)c1cc(Cl)cc(C(F)(F)F)c1. The van der Waals surface area contributed by atoms with Gasteiger partial charge in [-0.3, -0.25) is 4.79 Å². The summed E-state index contributed by atoms with van der Waals surface area (Å²) in [5.74, 6) is -0.0258. The molecule has 0 saturated carbocycles. The zero-order valence-electron chi connectivity index (χ0n) is 11.8. The molecular weight excluding hydrogens is 333 g/mol. The maximum absolute atomic E-state index is 12.8. The van der Waals surface area contributed by atoms with Crippen molar-refractivity contribution in [1.29, 1.82) is 0 Å². The number of hydrogen-bond donors (Lipinski definition) is 1. The van der Waals surface area contributed by atoms with Crippen LogP contribution in [-0.4, -0.2) is 20.7 Å². The third-order valence-electron chi connectivity index (χ3n) is 3.61. The molecule has 1 aliphatic rings. The summed E-state index contributed by atoms with van der Waals surface area (Å²) in [5, 5.41) is 6.59. The molecule has 3 rings (SSSR count). The Labute approximate surface area is 134 Å². The van der Waals surface area contributed by atoms with Gasteiger partial charge in [0.2, 0.25) is 0 Å². The van der Waals surface area contributed by atoms with Crippen LogP contribution >= 0.6 is 11.6 Å². The first kappa shape index (κ1) is 15.8. The van der Waals surface area contributed by atoms with Crippen LogP contribution in [0.5, 0.6) is 0 Å². The van der Waals surface area contributed by atoms with E-state index in [2.05, 4.69) is 15.4 Å². The molecule has 5 nitrogen and oxygen atoms in total. The first-order chi connectivity index (χ1) is 10.8. The van der Waals surface area contributed by atoms with Gasteiger partial charge in [0.25, 0.3) is 5.91 Å². The highest BCUT2D eigenvalue weighted by molar-refractivity contribution is 6.31. The lowest BCUT2D eigenvalue weighted by molar-refractivity contribution is -0.137. The van der Waals surface area contributed by atoms with Crippen molar-refractivity contribution in [2.75, 3.05) is 0 Å². The number of nitrogens with zero attached hydrogens (tertiary/aromatic N) is 3. The molecular formula is C14H12ClF3N4O. The van der Waals surface area contributed by atoms with E-state index in [-0.39, 0.29) is 16.6 Å². The summed E-state index contributed by atoms with van der Waals surface area (Å²) in [6.07, 6.45) is -1.73. The predicted molar refractivity (Wildman–Crippen MR) is 75.9 cm³/mol. The molecule has 2 aromatic rings. The largest absolute Gasteiger partial charge is 0.416 e. The third kappa shape index (κ3) is 3.31. The van der Waals surface area contributed by atoms with E-state index in [4.69, 9.17) is 11.6 Å². The van der Waals surface area contributed by atoms with Crippen LogP contribution in [0.15, 0.2) is 24.5 Å². The average molecular weight is 345 g/mol. The summed E-state index contributed by atoms with van der Waals surface area (Å²) in [6.45, 7) is 0.705. The maximum Gasteiger partial charge on any atom is 0.416 e. The number of carbonyl (C=O) groups is 1. The fourth-order valence-electron chi connectivity index (χ4n) is 2.55. The van der Waals surface area contributed by atoms with Gasteiger partial charge in [0, 0.05) is 17.1 Å². The third-order valence-corrected chi connectivity index (χ3v) is 3.83. The fourth-order valence-corrected chi connectivity index (χ4v) is 2.79. The molecule has 0 spiro atoms. The van der Waals surface area contributed by atoms with Crippen LogP contribution in [0.1, 0.15) is 40.6 Å². The molecule has 1 aromatic heterocycles. The van der Waals surface area contributed by atoms with E-state index in [0.29, 0.717) is 18.8 Å². The number of hydrogen-bond acceptors (Lipinski definition) is 3. The number of amides is 1. The summed E-state index contributed by atoms with van der Waals surface area (Å²) in [6, 6.07) is 2.40. The number of nitrogens with one attached hydrogen (secondary N) is 1. The van der Waals surface area contributed by atoms with Crippen LogP contribution < -0.4 is 5.32 Å². The molecule has 0 unspecified atom stereocenters. The van der Waals surface area contributed by atoms with E-state index in [1.54, 1.807) is 4.68 Å². The molecule has 122 valence electrons. The number of carbonyl (C=O) groups excluding carboxylic acids is 1. The Morgan fingerprint density at radius 3 is 2.87 bits per heavy atom. The average Bonchev–Trinajstić information content (AvgIpc) is 2.95. The Morgan fingerprint density at radius 2 is 2.13 bits per heavy atom. The predicted octanol–water partition coefficient (Wildman–Crippen LogP) is 3.22. The van der Waals surface area contributed by atoms with Crippen molar-refractivity contribution >= 4 is 17.5 Å². The van der Waals surface area contributed by atoms with E-state index in [1.807, 2.05) is 0 Å². The number of benzene rings is 1. The van der Waals surface area contributed by atoms with Gasteiger partial charge in [-0.15, -0.1) is 0 Å². The lowest BCUT2D eigenvalue weighted by Gasteiger charge is -2.23. The molecule has 1 atom stereocenters. The molecule has 0 fully saturated rings. The second-order valence-corrected chi connectivity index (χ2v) is 5.67. The van der Waals surface area contributed by atoms with Crippen LogP contribution in [0.4, 0.5) is 13.2 Å². The molecule has 0 bridgehead atoms. The van der Waals surface area contributed by atoms with E-state index in [9.17, 15) is 18.0 Å². The minimum atomic E-state index is -4.56. The number of aryl methyl sites for hydroxylation is 1. The van der Waals surface area contributed by atoms with E-state index >= 15 is 0 Å². The fraction of sp³-hybridized carbons (Fsp3) is 0.357. The molecule has 1 aliphatic heterocycles. The second-order valence-electron chi connectivity index (χ2n) is 5.24. The van der Waals surface area contributed by atoms with Crippen LogP contribution in [0, 0.1) is 0 Å². The lowest BCUT2D eigenvalue weighted by Crippen LogP contribution is -2.33. The number of aromatic nitrogens is 3. The van der Waals surface area contributed by atoms with E-state index < -0.39 is 17.6 Å². The van der Waals surface area contributed by atoms with Crippen molar-refractivity contribution in [2.24, 2.45) is 0 Å². The van der Waals surface area contributed by atoms with Gasteiger partial charge in [0.05, 0.1) is 11.6 Å². The highest BCUT2D eigenvalue weighted by atomic mass is 35.5. The minimum Gasteiger partial charge on any atom is -0.342 e. The number of alkyl halides is 3. The molecule has 0 radical (unpaired) electrons. The topological polar surface area (TPSA) is 59.8 Å². The van der Waals surface area contributed by atoms with Gasteiger partial charge in [-0.1, -0.05) is 11.6 Å². The maximum atomic E-state index is 12.8. The number of fused-ring (bicyclic) bond motifs is 1. The zero-order chi connectivity index (χ0) is 16.6. The van der Waals surface area contributed by atoms with Crippen molar-refractivity contribution in [3.8, 4) is 0 Å². The van der Waals surface area contributed by atoms with Crippen LogP contribution in [0.25, 0.3) is 0 Å². The zero-order valence-corrected chi connectivity index (χ0v) is 12.5. The molecule has 1 amide bonds. The van der Waals surface area contributed by atoms with Crippen molar-refractivity contribution in [3.63, 3.8) is 0 Å². The summed E-state index contributed by atoms with van der Waals surface area (Å²) in [5.41, 5.74) is -1.09. The first-order valence-corrected chi connectivity index (χ1v) is 7.29. The lowest BCUT2D eigenvalue weighted by atomic mass is 10.1. The Kier molecular flexibility index (Phi) is 4.01. The first-order valence-electron chi connectivity index (χ1n) is 6.91. The molecule has 0 aliphatic carbocycles. The summed E-state index contributed by atoms with van der Waals surface area (Å²) < 4.78 is 40.1. The van der Waals surface area contributed by atoms with Crippen molar-refractivity contribution in [3.05, 3.63) is 46.5 Å². The molecule has 2 heterocycles. The highest BCUT2D eigenvalue weighted by Gasteiger charge is 2.32. The van der Waals surface area contributed by atoms with Gasteiger partial charge >= 0.3 is 6.18 Å². The van der Waals surface area contributed by atoms with Gasteiger partial charge in [-0.05, 0) is 31.0 Å². The normalized spacial score (nSPS) is 17.7. The molecule has 9 heteroatoms. The standard InChI is InChI=1S/C14H12ClF3N4O/c15-10-5-8(4-9(6-10)14(16,17)18)13(23)21-11-2-1-3-22-12(11)19-7-20-22/h4-7,11H,1-3H2,(H,21,23)/t11-/m0/s1. The van der Waals surface area contributed by atoms with Gasteiger partial charge < -0.3 is 5.32 Å². The molecule has 23 heavy (non-hydrogen) atoms. The Bertz CT molecular complexity index is 744.